The number of carbonyl (C=O) groups is 3. The summed E-state index contributed by atoms with van der Waals surface area (Å²) in [6.07, 6.45) is 0.608. The number of nitrogens with one attached hydrogen (secondary N) is 2. The lowest BCUT2D eigenvalue weighted by atomic mass is 10.0. The first kappa shape index (κ1) is 19.9. The number of rotatable bonds is 8. The molecule has 124 valence electrons. The van der Waals surface area contributed by atoms with Crippen molar-refractivity contribution in [2.75, 3.05) is 7.11 Å². The lowest BCUT2D eigenvalue weighted by Crippen LogP contribution is -2.52. The number of methoxy groups -OCH3 is 1. The average Bonchev–Trinajstić information content (AvgIpc) is 2.43. The predicted octanol–water partition coefficient (Wildman–Crippen LogP) is 0.745. The SMILES string of the molecule is COC(=O)[C@H](C[C@@H](C)C#N)NC(=O)[C@H](CC(C)C)NC(C)=O. The van der Waals surface area contributed by atoms with E-state index < -0.39 is 29.9 Å². The first-order chi connectivity index (χ1) is 10.2. The molecule has 2 amide bonds. The molecule has 2 N–H and O–H groups in total. The summed E-state index contributed by atoms with van der Waals surface area (Å²) in [5.41, 5.74) is 0. The topological polar surface area (TPSA) is 108 Å². The molecule has 0 aromatic heterocycles. The number of nitriles is 1. The van der Waals surface area contributed by atoms with Crippen molar-refractivity contribution >= 4 is 17.8 Å². The van der Waals surface area contributed by atoms with Crippen LogP contribution >= 0.6 is 0 Å². The highest BCUT2D eigenvalue weighted by atomic mass is 16.5. The summed E-state index contributed by atoms with van der Waals surface area (Å²) in [4.78, 5) is 35.2. The monoisotopic (exact) mass is 311 g/mol. The first-order valence-corrected chi connectivity index (χ1v) is 7.26. The van der Waals surface area contributed by atoms with Crippen molar-refractivity contribution in [3.8, 4) is 6.07 Å². The number of hydrogen-bond acceptors (Lipinski definition) is 5. The Morgan fingerprint density at radius 2 is 1.68 bits per heavy atom. The molecule has 0 spiro atoms. The molecule has 0 radical (unpaired) electrons. The third-order valence-corrected chi connectivity index (χ3v) is 3.01. The van der Waals surface area contributed by atoms with Crippen LogP contribution in [0.3, 0.4) is 0 Å². The second-order valence-electron chi connectivity index (χ2n) is 5.73. The fraction of sp³-hybridized carbons (Fsp3) is 0.733. The van der Waals surface area contributed by atoms with E-state index in [1.165, 1.54) is 14.0 Å². The second-order valence-corrected chi connectivity index (χ2v) is 5.73. The summed E-state index contributed by atoms with van der Waals surface area (Å²) in [6, 6.07) is 0.385. The van der Waals surface area contributed by atoms with E-state index >= 15 is 0 Å². The maximum Gasteiger partial charge on any atom is 0.328 e. The van der Waals surface area contributed by atoms with Gasteiger partial charge in [0, 0.05) is 12.8 Å². The van der Waals surface area contributed by atoms with Gasteiger partial charge < -0.3 is 15.4 Å². The van der Waals surface area contributed by atoms with E-state index in [9.17, 15) is 14.4 Å². The van der Waals surface area contributed by atoms with Gasteiger partial charge in [0.2, 0.25) is 11.8 Å². The van der Waals surface area contributed by atoms with Crippen molar-refractivity contribution < 1.29 is 19.1 Å². The molecule has 0 unspecified atom stereocenters. The molecule has 0 aliphatic carbocycles. The van der Waals surface area contributed by atoms with Crippen LogP contribution in [-0.2, 0) is 19.1 Å². The maximum absolute atomic E-state index is 12.3. The Morgan fingerprint density at radius 1 is 1.09 bits per heavy atom. The zero-order chi connectivity index (χ0) is 17.3. The zero-order valence-corrected chi connectivity index (χ0v) is 13.8. The molecule has 0 rings (SSSR count). The molecule has 0 aliphatic heterocycles. The van der Waals surface area contributed by atoms with E-state index in [1.54, 1.807) is 6.92 Å². The number of nitrogens with zero attached hydrogens (tertiary/aromatic N) is 1. The highest BCUT2D eigenvalue weighted by Crippen LogP contribution is 2.09. The van der Waals surface area contributed by atoms with E-state index in [0.717, 1.165) is 0 Å². The molecule has 0 aliphatic rings. The zero-order valence-electron chi connectivity index (χ0n) is 13.8. The van der Waals surface area contributed by atoms with Crippen molar-refractivity contribution in [1.82, 2.24) is 10.6 Å². The van der Waals surface area contributed by atoms with E-state index in [0.29, 0.717) is 6.42 Å². The smallest absolute Gasteiger partial charge is 0.328 e. The highest BCUT2D eigenvalue weighted by Gasteiger charge is 2.28. The minimum absolute atomic E-state index is 0.156. The van der Waals surface area contributed by atoms with E-state index in [2.05, 4.69) is 15.4 Å². The van der Waals surface area contributed by atoms with Crippen LogP contribution in [0.1, 0.15) is 40.5 Å². The average molecular weight is 311 g/mol. The van der Waals surface area contributed by atoms with Gasteiger partial charge in [-0.3, -0.25) is 9.59 Å². The summed E-state index contributed by atoms with van der Waals surface area (Å²) < 4.78 is 4.65. The van der Waals surface area contributed by atoms with Crippen LogP contribution in [0.15, 0.2) is 0 Å². The Kier molecular flexibility index (Phi) is 8.83. The van der Waals surface area contributed by atoms with Crippen molar-refractivity contribution in [3.63, 3.8) is 0 Å². The molecule has 0 aromatic rings. The van der Waals surface area contributed by atoms with Crippen molar-refractivity contribution in [1.29, 1.82) is 5.26 Å². The van der Waals surface area contributed by atoms with Gasteiger partial charge in [0.1, 0.15) is 12.1 Å². The molecular formula is C15H25N3O4. The Morgan fingerprint density at radius 3 is 2.09 bits per heavy atom. The van der Waals surface area contributed by atoms with Gasteiger partial charge in [-0.15, -0.1) is 0 Å². The van der Waals surface area contributed by atoms with Gasteiger partial charge in [-0.1, -0.05) is 13.8 Å². The Bertz CT molecular complexity index is 443. The third-order valence-electron chi connectivity index (χ3n) is 3.01. The maximum atomic E-state index is 12.3. The van der Waals surface area contributed by atoms with Gasteiger partial charge in [0.15, 0.2) is 0 Å². The van der Waals surface area contributed by atoms with Crippen molar-refractivity contribution in [3.05, 3.63) is 0 Å². The molecule has 7 nitrogen and oxygen atoms in total. The van der Waals surface area contributed by atoms with Crippen LogP contribution < -0.4 is 10.6 Å². The van der Waals surface area contributed by atoms with Gasteiger partial charge in [-0.05, 0) is 25.7 Å². The molecular weight excluding hydrogens is 286 g/mol. The fourth-order valence-corrected chi connectivity index (χ4v) is 1.98. The molecule has 0 aromatic carbocycles. The first-order valence-electron chi connectivity index (χ1n) is 7.26. The fourth-order valence-electron chi connectivity index (χ4n) is 1.98. The number of amides is 2. The Balaban J connectivity index is 4.97. The molecule has 7 heteroatoms. The minimum Gasteiger partial charge on any atom is -0.467 e. The van der Waals surface area contributed by atoms with Gasteiger partial charge in [0.05, 0.1) is 13.2 Å². The van der Waals surface area contributed by atoms with Crippen LogP contribution in [0, 0.1) is 23.2 Å². The summed E-state index contributed by atoms with van der Waals surface area (Å²) in [5, 5.41) is 14.0. The summed E-state index contributed by atoms with van der Waals surface area (Å²) in [6.45, 7) is 6.84. The van der Waals surface area contributed by atoms with E-state index in [1.807, 2.05) is 19.9 Å². The number of ether oxygens (including phenoxy) is 1. The van der Waals surface area contributed by atoms with Crippen molar-refractivity contribution in [2.45, 2.75) is 52.6 Å². The summed E-state index contributed by atoms with van der Waals surface area (Å²) in [7, 11) is 1.22. The lowest BCUT2D eigenvalue weighted by molar-refractivity contribution is -0.145. The highest BCUT2D eigenvalue weighted by molar-refractivity contribution is 5.90. The van der Waals surface area contributed by atoms with Gasteiger partial charge >= 0.3 is 5.97 Å². The normalized spacial score (nSPS) is 14.4. The Hall–Kier alpha value is -2.10. The molecule has 0 saturated heterocycles. The molecule has 0 bridgehead atoms. The van der Waals surface area contributed by atoms with Crippen LogP contribution in [0.2, 0.25) is 0 Å². The minimum atomic E-state index is -0.907. The Labute approximate surface area is 131 Å². The lowest BCUT2D eigenvalue weighted by Gasteiger charge is -2.23. The summed E-state index contributed by atoms with van der Waals surface area (Å²) in [5.74, 6) is -1.60. The third kappa shape index (κ3) is 7.62. The quantitative estimate of drug-likeness (QED) is 0.643. The molecule has 0 saturated carbocycles. The molecule has 3 atom stereocenters. The van der Waals surface area contributed by atoms with Gasteiger partial charge in [-0.25, -0.2) is 4.79 Å². The van der Waals surface area contributed by atoms with Gasteiger partial charge in [0.25, 0.3) is 0 Å². The number of hydrogen-bond donors (Lipinski definition) is 2. The van der Waals surface area contributed by atoms with E-state index in [4.69, 9.17) is 5.26 Å². The predicted molar refractivity (Wildman–Crippen MR) is 80.4 cm³/mol. The number of esters is 1. The second kappa shape index (κ2) is 9.77. The summed E-state index contributed by atoms with van der Waals surface area (Å²) >= 11 is 0. The van der Waals surface area contributed by atoms with Crippen LogP contribution in [0.5, 0.6) is 0 Å². The largest absolute Gasteiger partial charge is 0.467 e. The van der Waals surface area contributed by atoms with Crippen LogP contribution in [0.4, 0.5) is 0 Å². The van der Waals surface area contributed by atoms with E-state index in [-0.39, 0.29) is 18.2 Å². The molecule has 22 heavy (non-hydrogen) atoms. The van der Waals surface area contributed by atoms with Crippen LogP contribution in [-0.4, -0.2) is 37.0 Å². The standard InChI is InChI=1S/C15H25N3O4/c1-9(2)6-12(17-11(4)19)14(20)18-13(15(21)22-5)7-10(3)8-16/h9-10,12-13H,6-7H2,1-5H3,(H,17,19)(H,18,20)/t10-,12+,13+/m1/s1. The molecule has 0 heterocycles. The number of carbonyl (C=O) groups excluding carboxylic acids is 3. The molecule has 0 fully saturated rings. The van der Waals surface area contributed by atoms with Crippen molar-refractivity contribution in [2.24, 2.45) is 11.8 Å². The van der Waals surface area contributed by atoms with Crippen LogP contribution in [0.25, 0.3) is 0 Å². The van der Waals surface area contributed by atoms with Gasteiger partial charge in [-0.2, -0.15) is 5.26 Å².